The maximum absolute atomic E-state index is 13.0. The van der Waals surface area contributed by atoms with Gasteiger partial charge in [0.25, 0.3) is 5.91 Å². The lowest BCUT2D eigenvalue weighted by atomic mass is 10.2. The largest absolute Gasteiger partial charge is 0.321 e. The summed E-state index contributed by atoms with van der Waals surface area (Å²) in [7, 11) is 0. The van der Waals surface area contributed by atoms with Gasteiger partial charge in [0.05, 0.1) is 17.4 Å². The summed E-state index contributed by atoms with van der Waals surface area (Å²) in [5.41, 5.74) is 1.96. The number of hydrogen-bond donors (Lipinski definition) is 1. The molecular formula is C13H9BrFIN2O. The maximum Gasteiger partial charge on any atom is 0.256 e. The van der Waals surface area contributed by atoms with E-state index in [1.54, 1.807) is 6.20 Å². The smallest absolute Gasteiger partial charge is 0.256 e. The lowest BCUT2D eigenvalue weighted by Gasteiger charge is -2.08. The van der Waals surface area contributed by atoms with Crippen molar-refractivity contribution < 1.29 is 9.18 Å². The molecule has 0 saturated heterocycles. The molecule has 0 fully saturated rings. The average Bonchev–Trinajstić information content (AvgIpc) is 2.33. The lowest BCUT2D eigenvalue weighted by molar-refractivity contribution is 0.102. The van der Waals surface area contributed by atoms with Crippen LogP contribution in [0.25, 0.3) is 0 Å². The monoisotopic (exact) mass is 434 g/mol. The minimum Gasteiger partial charge on any atom is -0.321 e. The van der Waals surface area contributed by atoms with Gasteiger partial charge in [-0.1, -0.05) is 0 Å². The molecule has 0 bridgehead atoms. The van der Waals surface area contributed by atoms with Crippen LogP contribution in [-0.4, -0.2) is 10.9 Å². The Hall–Kier alpha value is -1.02. The van der Waals surface area contributed by atoms with Crippen LogP contribution in [0.5, 0.6) is 0 Å². The quantitative estimate of drug-likeness (QED) is 0.570. The Morgan fingerprint density at radius 2 is 2.16 bits per heavy atom. The average molecular weight is 435 g/mol. The van der Waals surface area contributed by atoms with E-state index in [0.717, 1.165) is 10.2 Å². The fraction of sp³-hybridized carbons (Fsp3) is 0.0769. The van der Waals surface area contributed by atoms with Crippen molar-refractivity contribution in [2.45, 2.75) is 6.92 Å². The van der Waals surface area contributed by atoms with Gasteiger partial charge in [0.1, 0.15) is 10.4 Å². The highest BCUT2D eigenvalue weighted by atomic mass is 127. The van der Waals surface area contributed by atoms with Gasteiger partial charge in [-0.25, -0.2) is 9.37 Å². The van der Waals surface area contributed by atoms with Crippen molar-refractivity contribution in [2.75, 3.05) is 5.32 Å². The normalized spacial score (nSPS) is 10.3. The topological polar surface area (TPSA) is 42.0 Å². The van der Waals surface area contributed by atoms with Gasteiger partial charge >= 0.3 is 0 Å². The summed E-state index contributed by atoms with van der Waals surface area (Å²) in [6.45, 7) is 1.88. The molecule has 0 atom stereocenters. The molecule has 1 aromatic heterocycles. The van der Waals surface area contributed by atoms with Crippen LogP contribution in [0.1, 0.15) is 15.9 Å². The molecule has 1 N–H and O–H groups in total. The molecule has 1 aromatic carbocycles. The van der Waals surface area contributed by atoms with E-state index in [-0.39, 0.29) is 11.7 Å². The number of nitrogens with zero attached hydrogens (tertiary/aromatic N) is 1. The summed E-state index contributed by atoms with van der Waals surface area (Å²) in [5, 5.41) is 2.74. The van der Waals surface area contributed by atoms with Gasteiger partial charge in [0.15, 0.2) is 0 Å². The zero-order valence-corrected chi connectivity index (χ0v) is 13.6. The summed E-state index contributed by atoms with van der Waals surface area (Å²) in [6.07, 6.45) is 1.56. The molecule has 3 nitrogen and oxygen atoms in total. The molecule has 2 rings (SSSR count). The Kier molecular flexibility index (Phi) is 4.51. The van der Waals surface area contributed by atoms with Crippen molar-refractivity contribution in [1.29, 1.82) is 0 Å². The Balaban J connectivity index is 2.23. The van der Waals surface area contributed by atoms with Crippen LogP contribution < -0.4 is 5.32 Å². The van der Waals surface area contributed by atoms with Gasteiger partial charge in [-0.2, -0.15) is 0 Å². The molecule has 19 heavy (non-hydrogen) atoms. The summed E-state index contributed by atoms with van der Waals surface area (Å²) in [6, 6.07) is 5.86. The van der Waals surface area contributed by atoms with Crippen LogP contribution in [0, 0.1) is 16.3 Å². The molecule has 1 amide bonds. The van der Waals surface area contributed by atoms with Crippen molar-refractivity contribution in [3.63, 3.8) is 0 Å². The van der Waals surface area contributed by atoms with E-state index in [9.17, 15) is 9.18 Å². The first kappa shape index (κ1) is 14.4. The van der Waals surface area contributed by atoms with Gasteiger partial charge in [0.2, 0.25) is 0 Å². The summed E-state index contributed by atoms with van der Waals surface area (Å²) in [4.78, 5) is 16.2. The molecule has 0 aliphatic carbocycles. The van der Waals surface area contributed by atoms with Gasteiger partial charge in [-0.15, -0.1) is 0 Å². The number of carbonyl (C=O) groups excluding carboxylic acids is 1. The SMILES string of the molecule is Cc1cc(NC(=O)c2ccc(F)cc2I)cnc1Br. The summed E-state index contributed by atoms with van der Waals surface area (Å²) >= 11 is 5.23. The van der Waals surface area contributed by atoms with E-state index in [4.69, 9.17) is 0 Å². The Bertz CT molecular complexity index is 649. The predicted molar refractivity (Wildman–Crippen MR) is 83.7 cm³/mol. The number of hydrogen-bond acceptors (Lipinski definition) is 2. The van der Waals surface area contributed by atoms with Crippen molar-refractivity contribution in [3.8, 4) is 0 Å². The number of pyridine rings is 1. The lowest BCUT2D eigenvalue weighted by Crippen LogP contribution is -2.14. The fourth-order valence-corrected chi connectivity index (χ4v) is 2.44. The van der Waals surface area contributed by atoms with Crippen LogP contribution in [0.4, 0.5) is 10.1 Å². The number of aryl methyl sites for hydroxylation is 1. The maximum atomic E-state index is 13.0. The Labute approximate surface area is 131 Å². The van der Waals surface area contributed by atoms with Gasteiger partial charge in [0, 0.05) is 3.57 Å². The van der Waals surface area contributed by atoms with Gasteiger partial charge < -0.3 is 5.32 Å². The third kappa shape index (κ3) is 3.50. The zero-order chi connectivity index (χ0) is 14.0. The van der Waals surface area contributed by atoms with Gasteiger partial charge in [-0.3, -0.25) is 4.79 Å². The van der Waals surface area contributed by atoms with Crippen molar-refractivity contribution in [3.05, 3.63) is 55.6 Å². The minimum atomic E-state index is -0.359. The molecular weight excluding hydrogens is 426 g/mol. The molecule has 98 valence electrons. The van der Waals surface area contributed by atoms with Crippen molar-refractivity contribution >= 4 is 50.1 Å². The third-order valence-corrected chi connectivity index (χ3v) is 4.17. The number of anilines is 1. The van der Waals surface area contributed by atoms with E-state index < -0.39 is 0 Å². The van der Waals surface area contributed by atoms with E-state index in [2.05, 4.69) is 26.2 Å². The van der Waals surface area contributed by atoms with E-state index in [1.807, 2.05) is 35.6 Å². The molecule has 0 radical (unpaired) electrons. The summed E-state index contributed by atoms with van der Waals surface area (Å²) < 4.78 is 14.3. The number of carbonyl (C=O) groups is 1. The van der Waals surface area contributed by atoms with Crippen LogP contribution in [-0.2, 0) is 0 Å². The van der Waals surface area contributed by atoms with Crippen molar-refractivity contribution in [1.82, 2.24) is 4.98 Å². The first-order chi connectivity index (χ1) is 8.97. The second-order valence-electron chi connectivity index (χ2n) is 3.91. The van der Waals surface area contributed by atoms with Crippen LogP contribution in [0.3, 0.4) is 0 Å². The second-order valence-corrected chi connectivity index (χ2v) is 5.82. The standard InChI is InChI=1S/C13H9BrFIN2O/c1-7-4-9(6-17-12(7)14)18-13(19)10-3-2-8(15)5-11(10)16/h2-6H,1H3,(H,18,19). The predicted octanol–water partition coefficient (Wildman–Crippen LogP) is 4.15. The molecule has 0 spiro atoms. The summed E-state index contributed by atoms with van der Waals surface area (Å²) in [5.74, 6) is -0.643. The fourth-order valence-electron chi connectivity index (χ4n) is 1.50. The molecule has 6 heteroatoms. The first-order valence-electron chi connectivity index (χ1n) is 5.36. The highest BCUT2D eigenvalue weighted by Gasteiger charge is 2.11. The third-order valence-electron chi connectivity index (χ3n) is 2.45. The first-order valence-corrected chi connectivity index (χ1v) is 7.23. The Morgan fingerprint density at radius 3 is 2.79 bits per heavy atom. The number of amides is 1. The van der Waals surface area contributed by atoms with Gasteiger partial charge in [-0.05, 0) is 75.3 Å². The Morgan fingerprint density at radius 1 is 1.42 bits per heavy atom. The van der Waals surface area contributed by atoms with Crippen LogP contribution >= 0.6 is 38.5 Å². The molecule has 0 aliphatic rings. The number of rotatable bonds is 2. The van der Waals surface area contributed by atoms with E-state index in [0.29, 0.717) is 14.8 Å². The van der Waals surface area contributed by atoms with E-state index >= 15 is 0 Å². The zero-order valence-electron chi connectivity index (χ0n) is 9.88. The van der Waals surface area contributed by atoms with Crippen LogP contribution in [0.15, 0.2) is 35.1 Å². The highest BCUT2D eigenvalue weighted by Crippen LogP contribution is 2.19. The molecule has 0 unspecified atom stereocenters. The number of aromatic nitrogens is 1. The molecule has 0 saturated carbocycles. The molecule has 2 aromatic rings. The highest BCUT2D eigenvalue weighted by molar-refractivity contribution is 14.1. The molecule has 1 heterocycles. The van der Waals surface area contributed by atoms with E-state index in [1.165, 1.54) is 18.2 Å². The minimum absolute atomic E-state index is 0.284. The molecule has 0 aliphatic heterocycles. The van der Waals surface area contributed by atoms with Crippen molar-refractivity contribution in [2.24, 2.45) is 0 Å². The number of benzene rings is 1. The number of halogens is 3. The number of nitrogens with one attached hydrogen (secondary N) is 1. The van der Waals surface area contributed by atoms with Crippen LogP contribution in [0.2, 0.25) is 0 Å². The second kappa shape index (κ2) is 5.96.